The second-order valence-electron chi connectivity index (χ2n) is 3.69. The highest BCUT2D eigenvalue weighted by molar-refractivity contribution is 7.99. The van der Waals surface area contributed by atoms with Crippen LogP contribution in [0.15, 0.2) is 25.3 Å². The van der Waals surface area contributed by atoms with Gasteiger partial charge in [0, 0.05) is 19.1 Å². The zero-order valence-electron chi connectivity index (χ0n) is 10.0. The minimum absolute atomic E-state index is 0.134. The number of carbonyl (C=O) groups excluding carboxylic acids is 1. The standard InChI is InChI=1S/C12H22N2OS/c1-4-7-14(8-5-2)12(15)10-16-9-6-11(3)13/h4-5,11H,1-2,6-10,13H2,3H3. The van der Waals surface area contributed by atoms with E-state index in [0.29, 0.717) is 18.8 Å². The number of carbonyl (C=O) groups is 1. The van der Waals surface area contributed by atoms with E-state index in [4.69, 9.17) is 5.73 Å². The predicted octanol–water partition coefficient (Wildman–Crippen LogP) is 1.66. The third-order valence-electron chi connectivity index (χ3n) is 1.99. The number of amides is 1. The Kier molecular flexibility index (Phi) is 9.04. The highest BCUT2D eigenvalue weighted by atomic mass is 32.2. The average molecular weight is 242 g/mol. The van der Waals surface area contributed by atoms with Gasteiger partial charge in [0.25, 0.3) is 0 Å². The summed E-state index contributed by atoms with van der Waals surface area (Å²) in [6.07, 6.45) is 4.41. The van der Waals surface area contributed by atoms with Crippen molar-refractivity contribution in [2.45, 2.75) is 19.4 Å². The maximum atomic E-state index is 11.7. The molecule has 0 fully saturated rings. The van der Waals surface area contributed by atoms with Gasteiger partial charge in [-0.1, -0.05) is 12.2 Å². The summed E-state index contributed by atoms with van der Waals surface area (Å²) >= 11 is 1.63. The molecule has 1 atom stereocenters. The van der Waals surface area contributed by atoms with E-state index in [1.165, 1.54) is 0 Å². The number of nitrogens with zero attached hydrogens (tertiary/aromatic N) is 1. The third kappa shape index (κ3) is 7.54. The van der Waals surface area contributed by atoms with Crippen molar-refractivity contribution in [2.24, 2.45) is 5.73 Å². The van der Waals surface area contributed by atoms with Crippen LogP contribution in [0.2, 0.25) is 0 Å². The molecule has 0 aromatic heterocycles. The molecule has 0 aliphatic rings. The van der Waals surface area contributed by atoms with Gasteiger partial charge in [0.15, 0.2) is 0 Å². The van der Waals surface area contributed by atoms with Crippen LogP contribution in [-0.4, -0.2) is 41.4 Å². The molecular formula is C12H22N2OS. The Morgan fingerprint density at radius 3 is 2.44 bits per heavy atom. The van der Waals surface area contributed by atoms with E-state index in [1.807, 2.05) is 6.92 Å². The zero-order chi connectivity index (χ0) is 12.4. The summed E-state index contributed by atoms with van der Waals surface area (Å²) in [4.78, 5) is 13.5. The van der Waals surface area contributed by atoms with E-state index in [0.717, 1.165) is 12.2 Å². The highest BCUT2D eigenvalue weighted by Crippen LogP contribution is 2.06. The van der Waals surface area contributed by atoms with Gasteiger partial charge in [-0.05, 0) is 19.1 Å². The Hall–Kier alpha value is -0.740. The topological polar surface area (TPSA) is 46.3 Å². The molecule has 0 aliphatic heterocycles. The van der Waals surface area contributed by atoms with Crippen LogP contribution in [0.4, 0.5) is 0 Å². The van der Waals surface area contributed by atoms with E-state index in [1.54, 1.807) is 28.8 Å². The molecule has 16 heavy (non-hydrogen) atoms. The number of hydrogen-bond donors (Lipinski definition) is 1. The molecule has 3 nitrogen and oxygen atoms in total. The first kappa shape index (κ1) is 15.3. The molecule has 1 amide bonds. The van der Waals surface area contributed by atoms with E-state index < -0.39 is 0 Å². The largest absolute Gasteiger partial charge is 0.335 e. The van der Waals surface area contributed by atoms with E-state index in [-0.39, 0.29) is 11.9 Å². The molecule has 0 radical (unpaired) electrons. The van der Waals surface area contributed by atoms with Crippen LogP contribution in [0, 0.1) is 0 Å². The van der Waals surface area contributed by atoms with Crippen LogP contribution in [0.5, 0.6) is 0 Å². The van der Waals surface area contributed by atoms with Crippen molar-refractivity contribution < 1.29 is 4.79 Å². The van der Waals surface area contributed by atoms with Crippen molar-refractivity contribution in [1.82, 2.24) is 4.90 Å². The van der Waals surface area contributed by atoms with Crippen LogP contribution in [0.1, 0.15) is 13.3 Å². The summed E-state index contributed by atoms with van der Waals surface area (Å²) in [6.45, 7) is 10.4. The molecule has 1 unspecified atom stereocenters. The van der Waals surface area contributed by atoms with E-state index in [2.05, 4.69) is 13.2 Å². The Bertz CT molecular complexity index is 219. The SMILES string of the molecule is C=CCN(CC=C)C(=O)CSCCC(C)N. The Morgan fingerprint density at radius 2 is 2.00 bits per heavy atom. The van der Waals surface area contributed by atoms with Gasteiger partial charge in [0.1, 0.15) is 0 Å². The molecule has 0 aromatic carbocycles. The fourth-order valence-corrected chi connectivity index (χ4v) is 2.15. The first-order valence-corrected chi connectivity index (χ1v) is 6.60. The van der Waals surface area contributed by atoms with E-state index in [9.17, 15) is 4.79 Å². The second kappa shape index (κ2) is 9.48. The molecular weight excluding hydrogens is 220 g/mol. The number of hydrogen-bond acceptors (Lipinski definition) is 3. The first-order valence-electron chi connectivity index (χ1n) is 5.44. The van der Waals surface area contributed by atoms with Gasteiger partial charge < -0.3 is 10.6 Å². The molecule has 0 bridgehead atoms. The lowest BCUT2D eigenvalue weighted by Gasteiger charge is -2.19. The summed E-state index contributed by atoms with van der Waals surface area (Å²) in [5, 5.41) is 0. The van der Waals surface area contributed by atoms with E-state index >= 15 is 0 Å². The van der Waals surface area contributed by atoms with Gasteiger partial charge in [-0.15, -0.1) is 13.2 Å². The van der Waals surface area contributed by atoms with Crippen molar-refractivity contribution in [1.29, 1.82) is 0 Å². The van der Waals surface area contributed by atoms with Crippen LogP contribution in [0.25, 0.3) is 0 Å². The first-order chi connectivity index (χ1) is 7.61. The van der Waals surface area contributed by atoms with Gasteiger partial charge >= 0.3 is 0 Å². The summed E-state index contributed by atoms with van der Waals surface area (Å²) in [7, 11) is 0. The lowest BCUT2D eigenvalue weighted by atomic mass is 10.3. The van der Waals surface area contributed by atoms with Gasteiger partial charge in [-0.3, -0.25) is 4.79 Å². The maximum absolute atomic E-state index is 11.7. The smallest absolute Gasteiger partial charge is 0.233 e. The van der Waals surface area contributed by atoms with Gasteiger partial charge in [-0.25, -0.2) is 0 Å². The fraction of sp³-hybridized carbons (Fsp3) is 0.583. The summed E-state index contributed by atoms with van der Waals surface area (Å²) in [6, 6.07) is 0.208. The minimum atomic E-state index is 0.134. The average Bonchev–Trinajstić information content (AvgIpc) is 2.23. The van der Waals surface area contributed by atoms with Crippen LogP contribution in [-0.2, 0) is 4.79 Å². The number of nitrogens with two attached hydrogens (primary N) is 1. The maximum Gasteiger partial charge on any atom is 0.233 e. The minimum Gasteiger partial charge on any atom is -0.335 e. The number of rotatable bonds is 9. The van der Waals surface area contributed by atoms with Crippen molar-refractivity contribution in [3.8, 4) is 0 Å². The Morgan fingerprint density at radius 1 is 1.44 bits per heavy atom. The molecule has 0 aliphatic carbocycles. The zero-order valence-corrected chi connectivity index (χ0v) is 10.8. The van der Waals surface area contributed by atoms with Crippen LogP contribution >= 0.6 is 11.8 Å². The summed E-state index contributed by atoms with van der Waals surface area (Å²) in [5.41, 5.74) is 5.63. The summed E-state index contributed by atoms with van der Waals surface area (Å²) in [5.74, 6) is 1.57. The highest BCUT2D eigenvalue weighted by Gasteiger charge is 2.10. The summed E-state index contributed by atoms with van der Waals surface area (Å²) < 4.78 is 0. The lowest BCUT2D eigenvalue weighted by molar-refractivity contribution is -0.127. The molecule has 0 heterocycles. The van der Waals surface area contributed by atoms with Crippen molar-refractivity contribution in [3.05, 3.63) is 25.3 Å². The molecule has 0 saturated heterocycles. The van der Waals surface area contributed by atoms with Gasteiger partial charge in [-0.2, -0.15) is 11.8 Å². The molecule has 0 saturated carbocycles. The monoisotopic (exact) mass is 242 g/mol. The second-order valence-corrected chi connectivity index (χ2v) is 4.80. The lowest BCUT2D eigenvalue weighted by Crippen LogP contribution is -2.32. The van der Waals surface area contributed by atoms with Crippen molar-refractivity contribution in [3.63, 3.8) is 0 Å². The van der Waals surface area contributed by atoms with Gasteiger partial charge in [0.2, 0.25) is 5.91 Å². The normalized spacial score (nSPS) is 11.9. The molecule has 4 heteroatoms. The number of thioether (sulfide) groups is 1. The van der Waals surface area contributed by atoms with Gasteiger partial charge in [0.05, 0.1) is 5.75 Å². The molecule has 92 valence electrons. The Balaban J connectivity index is 3.81. The fourth-order valence-electron chi connectivity index (χ4n) is 1.11. The molecule has 2 N–H and O–H groups in total. The van der Waals surface area contributed by atoms with Crippen LogP contribution in [0.3, 0.4) is 0 Å². The Labute approximate surface area is 103 Å². The molecule has 0 rings (SSSR count). The molecule has 0 aromatic rings. The van der Waals surface area contributed by atoms with Crippen molar-refractivity contribution >= 4 is 17.7 Å². The third-order valence-corrected chi connectivity index (χ3v) is 2.97. The quantitative estimate of drug-likeness (QED) is 0.494. The van der Waals surface area contributed by atoms with Crippen LogP contribution < -0.4 is 5.73 Å². The molecule has 0 spiro atoms. The van der Waals surface area contributed by atoms with Crippen molar-refractivity contribution in [2.75, 3.05) is 24.6 Å². The predicted molar refractivity (Wildman–Crippen MR) is 72.6 cm³/mol.